The predicted molar refractivity (Wildman–Crippen MR) is 85.5 cm³/mol. The minimum absolute atomic E-state index is 0.0609. The van der Waals surface area contributed by atoms with Crippen LogP contribution in [0, 0.1) is 0 Å². The fourth-order valence-corrected chi connectivity index (χ4v) is 2.57. The Morgan fingerprint density at radius 2 is 1.61 bits per heavy atom. The summed E-state index contributed by atoms with van der Waals surface area (Å²) < 4.78 is 33.7. The van der Waals surface area contributed by atoms with Gasteiger partial charge in [0.2, 0.25) is 0 Å². The highest BCUT2D eigenvalue weighted by atomic mass is 19.3. The molecule has 2 aromatic rings. The first-order chi connectivity index (χ1) is 11.1. The second kappa shape index (κ2) is 7.86. The topological polar surface area (TPSA) is 26.3 Å². The lowest BCUT2D eigenvalue weighted by molar-refractivity contribution is -0.175. The van der Waals surface area contributed by atoms with Crippen molar-refractivity contribution < 1.29 is 18.3 Å². The van der Waals surface area contributed by atoms with Crippen molar-refractivity contribution in [1.82, 2.24) is 0 Å². The van der Waals surface area contributed by atoms with Gasteiger partial charge in [-0.15, -0.1) is 0 Å². The molecule has 1 unspecified atom stereocenters. The molecule has 2 nitrogen and oxygen atoms in total. The van der Waals surface area contributed by atoms with Crippen molar-refractivity contribution in [3.05, 3.63) is 71.8 Å². The number of carbonyl (C=O) groups is 1. The quantitative estimate of drug-likeness (QED) is 0.697. The lowest BCUT2D eigenvalue weighted by Gasteiger charge is -2.25. The molecule has 0 saturated heterocycles. The first-order valence-corrected chi connectivity index (χ1v) is 7.69. The Balaban J connectivity index is 2.23. The van der Waals surface area contributed by atoms with Crippen molar-refractivity contribution in [3.63, 3.8) is 0 Å². The average Bonchev–Trinajstić information content (AvgIpc) is 2.57. The molecule has 0 radical (unpaired) electrons. The molecular weight excluding hydrogens is 298 g/mol. The molecule has 23 heavy (non-hydrogen) atoms. The fourth-order valence-electron chi connectivity index (χ4n) is 2.57. The van der Waals surface area contributed by atoms with E-state index < -0.39 is 17.8 Å². The average molecular weight is 318 g/mol. The molecule has 0 spiro atoms. The summed E-state index contributed by atoms with van der Waals surface area (Å²) in [7, 11) is 0. The summed E-state index contributed by atoms with van der Waals surface area (Å²) in [6.45, 7) is 1.46. The van der Waals surface area contributed by atoms with Gasteiger partial charge in [0.25, 0.3) is 0 Å². The normalized spacial score (nSPS) is 12.7. The highest BCUT2D eigenvalue weighted by molar-refractivity contribution is 5.79. The lowest BCUT2D eigenvalue weighted by Crippen LogP contribution is -2.37. The molecule has 2 rings (SSSR count). The SMILES string of the molecule is CCOC(=O)C(F)(F)C(CCc1ccccc1)c1ccccc1. The largest absolute Gasteiger partial charge is 0.462 e. The summed E-state index contributed by atoms with van der Waals surface area (Å²) in [6, 6.07) is 17.8. The molecule has 0 saturated carbocycles. The Morgan fingerprint density at radius 1 is 1.04 bits per heavy atom. The zero-order chi connectivity index (χ0) is 16.7. The number of ether oxygens (including phenoxy) is 1. The number of aryl methyl sites for hydroxylation is 1. The van der Waals surface area contributed by atoms with Gasteiger partial charge in [-0.25, -0.2) is 4.79 Å². The van der Waals surface area contributed by atoms with Crippen LogP contribution in [0.3, 0.4) is 0 Å². The fraction of sp³-hybridized carbons (Fsp3) is 0.316. The van der Waals surface area contributed by atoms with Gasteiger partial charge in [0, 0.05) is 0 Å². The highest BCUT2D eigenvalue weighted by Crippen LogP contribution is 2.38. The summed E-state index contributed by atoms with van der Waals surface area (Å²) in [5.74, 6) is -6.21. The van der Waals surface area contributed by atoms with Crippen LogP contribution in [0.4, 0.5) is 8.78 Å². The molecule has 0 heterocycles. The lowest BCUT2D eigenvalue weighted by atomic mass is 9.87. The van der Waals surface area contributed by atoms with Gasteiger partial charge in [-0.2, -0.15) is 8.78 Å². The van der Waals surface area contributed by atoms with Crippen LogP contribution in [0.2, 0.25) is 0 Å². The molecule has 0 N–H and O–H groups in total. The van der Waals surface area contributed by atoms with Crippen LogP contribution in [0.25, 0.3) is 0 Å². The molecule has 0 amide bonds. The number of carbonyl (C=O) groups excluding carboxylic acids is 1. The molecule has 0 aliphatic heterocycles. The van der Waals surface area contributed by atoms with Gasteiger partial charge >= 0.3 is 11.9 Å². The van der Waals surface area contributed by atoms with Crippen molar-refractivity contribution in [2.24, 2.45) is 0 Å². The van der Waals surface area contributed by atoms with E-state index in [1.165, 1.54) is 6.92 Å². The van der Waals surface area contributed by atoms with Gasteiger partial charge in [-0.1, -0.05) is 60.7 Å². The van der Waals surface area contributed by atoms with Crippen molar-refractivity contribution in [3.8, 4) is 0 Å². The van der Waals surface area contributed by atoms with E-state index in [1.54, 1.807) is 30.3 Å². The molecule has 0 fully saturated rings. The summed E-state index contributed by atoms with van der Waals surface area (Å²) in [5.41, 5.74) is 1.41. The van der Waals surface area contributed by atoms with Crippen molar-refractivity contribution >= 4 is 5.97 Å². The van der Waals surface area contributed by atoms with Gasteiger partial charge in [0.1, 0.15) is 0 Å². The Kier molecular flexibility index (Phi) is 5.85. The maximum absolute atomic E-state index is 14.6. The maximum Gasteiger partial charge on any atom is 0.377 e. The monoisotopic (exact) mass is 318 g/mol. The predicted octanol–water partition coefficient (Wildman–Crippen LogP) is 4.60. The standard InChI is InChI=1S/C19H20F2O2/c1-2-23-18(22)19(20,21)17(16-11-7-4-8-12-16)14-13-15-9-5-3-6-10-15/h3-12,17H,2,13-14H2,1H3. The van der Waals surface area contributed by atoms with Gasteiger partial charge in [0.15, 0.2) is 0 Å². The molecule has 2 aromatic carbocycles. The molecule has 0 aliphatic rings. The number of benzene rings is 2. The summed E-state index contributed by atoms with van der Waals surface area (Å²) in [4.78, 5) is 11.7. The van der Waals surface area contributed by atoms with Crippen LogP contribution in [-0.2, 0) is 16.0 Å². The van der Waals surface area contributed by atoms with E-state index >= 15 is 0 Å². The van der Waals surface area contributed by atoms with Gasteiger partial charge < -0.3 is 4.74 Å². The van der Waals surface area contributed by atoms with Crippen molar-refractivity contribution in [1.29, 1.82) is 0 Å². The Morgan fingerprint density at radius 3 is 2.17 bits per heavy atom. The Hall–Kier alpha value is -2.23. The number of hydrogen-bond acceptors (Lipinski definition) is 2. The van der Waals surface area contributed by atoms with Gasteiger partial charge in [-0.3, -0.25) is 0 Å². The van der Waals surface area contributed by atoms with E-state index in [-0.39, 0.29) is 13.0 Å². The molecule has 4 heteroatoms. The molecular formula is C19H20F2O2. The zero-order valence-electron chi connectivity index (χ0n) is 13.0. The molecule has 0 aromatic heterocycles. The third kappa shape index (κ3) is 4.38. The third-order valence-corrected chi connectivity index (χ3v) is 3.75. The van der Waals surface area contributed by atoms with Gasteiger partial charge in [-0.05, 0) is 30.9 Å². The number of hydrogen-bond donors (Lipinski definition) is 0. The smallest absolute Gasteiger partial charge is 0.377 e. The van der Waals surface area contributed by atoms with Crippen LogP contribution in [0.1, 0.15) is 30.4 Å². The van der Waals surface area contributed by atoms with Gasteiger partial charge in [0.05, 0.1) is 12.5 Å². The summed E-state index contributed by atoms with van der Waals surface area (Å²) in [5, 5.41) is 0. The van der Waals surface area contributed by atoms with Crippen LogP contribution in [0.5, 0.6) is 0 Å². The maximum atomic E-state index is 14.6. The Labute approximate surface area is 135 Å². The minimum atomic E-state index is -3.55. The molecule has 1 atom stereocenters. The number of esters is 1. The molecule has 122 valence electrons. The van der Waals surface area contributed by atoms with Crippen molar-refractivity contribution in [2.75, 3.05) is 6.61 Å². The summed E-state index contributed by atoms with van der Waals surface area (Å²) >= 11 is 0. The highest BCUT2D eigenvalue weighted by Gasteiger charge is 2.48. The van der Waals surface area contributed by atoms with Crippen molar-refractivity contribution in [2.45, 2.75) is 31.6 Å². The molecule has 0 bridgehead atoms. The van der Waals surface area contributed by atoms with E-state index in [2.05, 4.69) is 4.74 Å². The summed E-state index contributed by atoms with van der Waals surface area (Å²) in [6.07, 6.45) is 0.634. The first kappa shape index (κ1) is 17.1. The second-order valence-corrected chi connectivity index (χ2v) is 5.33. The van der Waals surface area contributed by atoms with E-state index in [4.69, 9.17) is 0 Å². The van der Waals surface area contributed by atoms with E-state index in [9.17, 15) is 13.6 Å². The van der Waals surface area contributed by atoms with E-state index in [0.717, 1.165) is 5.56 Å². The number of halogens is 2. The van der Waals surface area contributed by atoms with Crippen LogP contribution in [-0.4, -0.2) is 18.5 Å². The van der Waals surface area contributed by atoms with E-state index in [0.29, 0.717) is 12.0 Å². The van der Waals surface area contributed by atoms with E-state index in [1.807, 2.05) is 30.3 Å². The molecule has 0 aliphatic carbocycles. The number of rotatable bonds is 7. The second-order valence-electron chi connectivity index (χ2n) is 5.33. The number of alkyl halides is 2. The first-order valence-electron chi connectivity index (χ1n) is 7.69. The zero-order valence-corrected chi connectivity index (χ0v) is 13.0. The minimum Gasteiger partial charge on any atom is -0.462 e. The van der Waals surface area contributed by atoms with Crippen LogP contribution < -0.4 is 0 Å². The Bertz CT molecular complexity index is 612. The third-order valence-electron chi connectivity index (χ3n) is 3.75. The van der Waals surface area contributed by atoms with Crippen LogP contribution in [0.15, 0.2) is 60.7 Å². The van der Waals surface area contributed by atoms with Crippen LogP contribution >= 0.6 is 0 Å².